The highest BCUT2D eigenvalue weighted by atomic mass is 32.2. The van der Waals surface area contributed by atoms with Crippen molar-refractivity contribution in [3.63, 3.8) is 0 Å². The Labute approximate surface area is 172 Å². The van der Waals surface area contributed by atoms with Gasteiger partial charge in [0.15, 0.2) is 0 Å². The molecule has 0 unspecified atom stereocenters. The van der Waals surface area contributed by atoms with Gasteiger partial charge in [-0.3, -0.25) is 0 Å². The number of benzene rings is 2. The van der Waals surface area contributed by atoms with E-state index in [0.29, 0.717) is 42.4 Å². The van der Waals surface area contributed by atoms with Crippen LogP contribution in [0.3, 0.4) is 0 Å². The molecule has 3 aromatic rings. The highest BCUT2D eigenvalue weighted by Crippen LogP contribution is 2.32. The largest absolute Gasteiger partial charge is 0.495 e. The number of fused-ring (bicyclic) bond motifs is 1. The molecule has 29 heavy (non-hydrogen) atoms. The molecule has 0 N–H and O–H groups in total. The molecular formula is C20H21FN2O4S2. The van der Waals surface area contributed by atoms with Crippen molar-refractivity contribution in [1.82, 2.24) is 9.29 Å². The lowest BCUT2D eigenvalue weighted by Gasteiger charge is -2.31. The number of halogens is 1. The smallest absolute Gasteiger partial charge is 0.274 e. The molecule has 0 saturated carbocycles. The van der Waals surface area contributed by atoms with Crippen LogP contribution in [0.25, 0.3) is 10.2 Å². The minimum absolute atomic E-state index is 0.133. The maximum absolute atomic E-state index is 13.3. The number of hydrogen-bond acceptors (Lipinski definition) is 6. The molecule has 154 valence electrons. The molecule has 9 heteroatoms. The number of methoxy groups -OCH3 is 1. The van der Waals surface area contributed by atoms with Gasteiger partial charge in [-0.1, -0.05) is 17.4 Å². The maximum Gasteiger partial charge on any atom is 0.274 e. The Kier molecular flexibility index (Phi) is 5.46. The van der Waals surface area contributed by atoms with Gasteiger partial charge in [0, 0.05) is 13.1 Å². The van der Waals surface area contributed by atoms with Crippen LogP contribution in [0.5, 0.6) is 10.9 Å². The van der Waals surface area contributed by atoms with Gasteiger partial charge in [-0.25, -0.2) is 17.8 Å². The van der Waals surface area contributed by atoms with Crippen molar-refractivity contribution >= 4 is 31.6 Å². The lowest BCUT2D eigenvalue weighted by Crippen LogP contribution is -2.41. The molecule has 1 aliphatic rings. The fourth-order valence-electron chi connectivity index (χ4n) is 3.39. The second-order valence-corrected chi connectivity index (χ2v) is 9.87. The number of nitrogens with zero attached hydrogens (tertiary/aromatic N) is 2. The Morgan fingerprint density at radius 1 is 1.17 bits per heavy atom. The molecule has 0 amide bonds. The van der Waals surface area contributed by atoms with Gasteiger partial charge >= 0.3 is 0 Å². The second-order valence-electron chi connectivity index (χ2n) is 6.97. The van der Waals surface area contributed by atoms with Gasteiger partial charge in [0.2, 0.25) is 10.0 Å². The Morgan fingerprint density at radius 3 is 2.66 bits per heavy atom. The normalized spacial score (nSPS) is 16.2. The third kappa shape index (κ3) is 4.08. The first kappa shape index (κ1) is 20.1. The molecule has 0 aliphatic carbocycles. The Balaban J connectivity index is 1.45. The van der Waals surface area contributed by atoms with E-state index in [-0.39, 0.29) is 16.8 Å². The minimum atomic E-state index is -3.65. The number of aryl methyl sites for hydroxylation is 1. The molecule has 4 rings (SSSR count). The van der Waals surface area contributed by atoms with Crippen LogP contribution in [0, 0.1) is 12.7 Å². The average Bonchev–Trinajstić information content (AvgIpc) is 3.09. The van der Waals surface area contributed by atoms with Crippen molar-refractivity contribution < 1.29 is 22.3 Å². The van der Waals surface area contributed by atoms with Crippen LogP contribution in [0.1, 0.15) is 18.4 Å². The fraction of sp³-hybridized carbons (Fsp3) is 0.350. The van der Waals surface area contributed by atoms with E-state index in [1.165, 1.54) is 34.9 Å². The van der Waals surface area contributed by atoms with E-state index in [0.717, 1.165) is 10.3 Å². The van der Waals surface area contributed by atoms with Crippen molar-refractivity contribution in [2.75, 3.05) is 20.2 Å². The first-order chi connectivity index (χ1) is 13.9. The summed E-state index contributed by atoms with van der Waals surface area (Å²) in [4.78, 5) is 4.56. The number of hydrogen-bond donors (Lipinski definition) is 0. The molecule has 1 aromatic heterocycles. The first-order valence-electron chi connectivity index (χ1n) is 9.24. The summed E-state index contributed by atoms with van der Waals surface area (Å²) >= 11 is 1.29. The van der Waals surface area contributed by atoms with E-state index >= 15 is 0 Å². The SMILES string of the molecule is COc1ccc(C)cc1S(=O)(=O)N1CCC(Oc2nc3ccc(F)cc3s2)CC1. The first-order valence-corrected chi connectivity index (χ1v) is 11.5. The zero-order valence-electron chi connectivity index (χ0n) is 16.1. The Hall–Kier alpha value is -2.23. The molecule has 1 aliphatic heterocycles. The predicted octanol–water partition coefficient (Wildman–Crippen LogP) is 3.98. The quantitative estimate of drug-likeness (QED) is 0.605. The van der Waals surface area contributed by atoms with Gasteiger partial charge in [-0.15, -0.1) is 0 Å². The summed E-state index contributed by atoms with van der Waals surface area (Å²) in [5.41, 5.74) is 1.55. The summed E-state index contributed by atoms with van der Waals surface area (Å²) in [6.45, 7) is 2.55. The monoisotopic (exact) mass is 436 g/mol. The Bertz CT molecular complexity index is 1140. The van der Waals surface area contributed by atoms with Crippen molar-refractivity contribution in [2.24, 2.45) is 0 Å². The van der Waals surface area contributed by atoms with Gasteiger partial charge in [0.25, 0.3) is 5.19 Å². The van der Waals surface area contributed by atoms with E-state index in [2.05, 4.69) is 4.98 Å². The van der Waals surface area contributed by atoms with E-state index < -0.39 is 10.0 Å². The van der Waals surface area contributed by atoms with Crippen molar-refractivity contribution in [1.29, 1.82) is 0 Å². The summed E-state index contributed by atoms with van der Waals surface area (Å²) < 4.78 is 52.9. The zero-order valence-corrected chi connectivity index (χ0v) is 17.7. The lowest BCUT2D eigenvalue weighted by atomic mass is 10.1. The van der Waals surface area contributed by atoms with E-state index in [1.807, 2.05) is 13.0 Å². The number of ether oxygens (including phenoxy) is 2. The number of aromatic nitrogens is 1. The van der Waals surface area contributed by atoms with Gasteiger partial charge < -0.3 is 9.47 Å². The van der Waals surface area contributed by atoms with Crippen molar-refractivity contribution in [2.45, 2.75) is 30.8 Å². The summed E-state index contributed by atoms with van der Waals surface area (Å²) in [5.74, 6) is 0.0356. The maximum atomic E-state index is 13.3. The average molecular weight is 437 g/mol. The lowest BCUT2D eigenvalue weighted by molar-refractivity contribution is 0.135. The molecule has 2 aromatic carbocycles. The summed E-state index contributed by atoms with van der Waals surface area (Å²) in [5, 5.41) is 0.479. The molecule has 0 bridgehead atoms. The molecule has 6 nitrogen and oxygen atoms in total. The van der Waals surface area contributed by atoms with E-state index in [9.17, 15) is 12.8 Å². The number of thiazole rings is 1. The fourth-order valence-corrected chi connectivity index (χ4v) is 6.00. The van der Waals surface area contributed by atoms with Gasteiger partial charge in [-0.05, 0) is 55.7 Å². The number of sulfonamides is 1. The van der Waals surface area contributed by atoms with Crippen LogP contribution in [-0.4, -0.2) is 44.0 Å². The second kappa shape index (κ2) is 7.89. The van der Waals surface area contributed by atoms with Gasteiger partial charge in [-0.2, -0.15) is 4.31 Å². The topological polar surface area (TPSA) is 68.7 Å². The van der Waals surface area contributed by atoms with Crippen LogP contribution in [0.4, 0.5) is 4.39 Å². The van der Waals surface area contributed by atoms with E-state index in [4.69, 9.17) is 9.47 Å². The van der Waals surface area contributed by atoms with E-state index in [1.54, 1.807) is 18.2 Å². The van der Waals surface area contributed by atoms with Gasteiger partial charge in [0.1, 0.15) is 22.6 Å². The number of piperidine rings is 1. The predicted molar refractivity (Wildman–Crippen MR) is 110 cm³/mol. The standard InChI is InChI=1S/C20H21FN2O4S2/c1-13-3-6-17(26-2)19(11-13)29(24,25)23-9-7-15(8-10-23)27-20-22-16-5-4-14(21)12-18(16)28-20/h3-6,11-12,15H,7-10H2,1-2H3. The molecular weight excluding hydrogens is 415 g/mol. The third-order valence-corrected chi connectivity index (χ3v) is 7.77. The molecule has 1 saturated heterocycles. The Morgan fingerprint density at radius 2 is 1.93 bits per heavy atom. The van der Waals surface area contributed by atoms with Crippen LogP contribution < -0.4 is 9.47 Å². The summed E-state index contributed by atoms with van der Waals surface area (Å²) in [6.07, 6.45) is 0.973. The summed E-state index contributed by atoms with van der Waals surface area (Å²) in [7, 11) is -2.18. The van der Waals surface area contributed by atoms with Crippen LogP contribution >= 0.6 is 11.3 Å². The highest BCUT2D eigenvalue weighted by Gasteiger charge is 2.32. The van der Waals surface area contributed by atoms with Crippen molar-refractivity contribution in [3.8, 4) is 10.9 Å². The van der Waals surface area contributed by atoms with Crippen molar-refractivity contribution in [3.05, 3.63) is 47.8 Å². The highest BCUT2D eigenvalue weighted by molar-refractivity contribution is 7.89. The van der Waals surface area contributed by atoms with Crippen LogP contribution in [0.2, 0.25) is 0 Å². The van der Waals surface area contributed by atoms with Crippen LogP contribution in [-0.2, 0) is 10.0 Å². The van der Waals surface area contributed by atoms with Gasteiger partial charge in [0.05, 0.1) is 17.3 Å². The molecule has 0 spiro atoms. The number of rotatable bonds is 5. The molecule has 0 radical (unpaired) electrons. The van der Waals surface area contributed by atoms with Crippen LogP contribution in [0.15, 0.2) is 41.3 Å². The minimum Gasteiger partial charge on any atom is -0.495 e. The third-order valence-electron chi connectivity index (χ3n) is 4.94. The molecule has 1 fully saturated rings. The zero-order chi connectivity index (χ0) is 20.6. The molecule has 0 atom stereocenters. The molecule has 2 heterocycles. The summed E-state index contributed by atoms with van der Waals surface area (Å²) in [6, 6.07) is 9.56.